The monoisotopic (exact) mass is 256 g/mol. The zero-order valence-electron chi connectivity index (χ0n) is 8.06. The molecular weight excluding hydrogens is 248 g/mol. The van der Waals surface area contributed by atoms with Crippen LogP contribution in [0.25, 0.3) is 0 Å². The minimum Gasteiger partial charge on any atom is -0.392 e. The fraction of sp³-hybridized carbons (Fsp3) is 0.400. The second-order valence-corrected chi connectivity index (χ2v) is 3.60. The molecule has 90 valence electrons. The quantitative estimate of drug-likeness (QED) is 0.651. The number of hydrogen-bond donors (Lipinski definition) is 1. The molecule has 0 amide bonds. The lowest BCUT2D eigenvalue weighted by Gasteiger charge is -2.12. The highest BCUT2D eigenvalue weighted by Gasteiger charge is 2.34. The summed E-state index contributed by atoms with van der Waals surface area (Å²) >= 11 is 5.29. The maximum absolute atomic E-state index is 13.4. The van der Waals surface area contributed by atoms with Gasteiger partial charge in [0.2, 0.25) is 0 Å². The third kappa shape index (κ3) is 3.09. The summed E-state index contributed by atoms with van der Waals surface area (Å²) in [6.07, 6.45) is -6.02. The number of alkyl halides is 4. The van der Waals surface area contributed by atoms with Gasteiger partial charge in [0.15, 0.2) is 0 Å². The minimum absolute atomic E-state index is 0.157. The molecule has 0 aromatic heterocycles. The molecule has 16 heavy (non-hydrogen) atoms. The van der Waals surface area contributed by atoms with Crippen molar-refractivity contribution in [3.8, 4) is 0 Å². The smallest absolute Gasteiger partial charge is 0.392 e. The van der Waals surface area contributed by atoms with E-state index >= 15 is 0 Å². The van der Waals surface area contributed by atoms with Crippen molar-refractivity contribution in [1.29, 1.82) is 0 Å². The Bertz CT molecular complexity index is 364. The van der Waals surface area contributed by atoms with Gasteiger partial charge in [0.1, 0.15) is 5.82 Å². The lowest BCUT2D eigenvalue weighted by molar-refractivity contribution is -0.140. The predicted octanol–water partition coefficient (Wildman–Crippen LogP) is 2.99. The first-order chi connectivity index (χ1) is 7.36. The Kier molecular flexibility index (Phi) is 4.15. The molecule has 0 aliphatic rings. The fourth-order valence-electron chi connectivity index (χ4n) is 1.26. The largest absolute Gasteiger partial charge is 0.419 e. The van der Waals surface area contributed by atoms with E-state index in [1.54, 1.807) is 0 Å². The number of hydrogen-bond acceptors (Lipinski definition) is 1. The lowest BCUT2D eigenvalue weighted by atomic mass is 10.0. The normalized spacial score (nSPS) is 13.9. The summed E-state index contributed by atoms with van der Waals surface area (Å²) in [5, 5.41) is 9.15. The van der Waals surface area contributed by atoms with Crippen LogP contribution in [0.1, 0.15) is 11.1 Å². The van der Waals surface area contributed by atoms with Crippen LogP contribution in [0.4, 0.5) is 17.6 Å². The van der Waals surface area contributed by atoms with Crippen molar-refractivity contribution in [2.45, 2.75) is 18.7 Å². The summed E-state index contributed by atoms with van der Waals surface area (Å²) in [6, 6.07) is 2.95. The maximum atomic E-state index is 13.4. The standard InChI is InChI=1S/C10H9ClF4O/c11-5-7(16)4-6-2-1-3-8(9(6)12)10(13,14)15/h1-3,7,16H,4-5H2/t7-/m1/s1. The highest BCUT2D eigenvalue weighted by Crippen LogP contribution is 2.32. The molecule has 0 aliphatic heterocycles. The molecule has 0 unspecified atom stereocenters. The minimum atomic E-state index is -4.73. The highest BCUT2D eigenvalue weighted by molar-refractivity contribution is 6.18. The molecule has 1 atom stereocenters. The van der Waals surface area contributed by atoms with Crippen LogP contribution >= 0.6 is 11.6 Å². The second-order valence-electron chi connectivity index (χ2n) is 3.29. The molecule has 0 aliphatic carbocycles. The Morgan fingerprint density at radius 2 is 1.94 bits per heavy atom. The van der Waals surface area contributed by atoms with Crippen LogP contribution in [0, 0.1) is 5.82 Å². The van der Waals surface area contributed by atoms with E-state index in [1.165, 1.54) is 6.07 Å². The van der Waals surface area contributed by atoms with Gasteiger partial charge in [-0.3, -0.25) is 0 Å². The van der Waals surface area contributed by atoms with Crippen LogP contribution in [0.15, 0.2) is 18.2 Å². The van der Waals surface area contributed by atoms with Gasteiger partial charge in [-0.05, 0) is 11.6 Å². The van der Waals surface area contributed by atoms with Gasteiger partial charge in [-0.1, -0.05) is 12.1 Å². The molecule has 0 fully saturated rings. The average Bonchev–Trinajstić information content (AvgIpc) is 2.19. The van der Waals surface area contributed by atoms with Gasteiger partial charge < -0.3 is 5.11 Å². The fourth-order valence-corrected chi connectivity index (χ4v) is 1.37. The van der Waals surface area contributed by atoms with Crippen molar-refractivity contribution in [3.63, 3.8) is 0 Å². The van der Waals surface area contributed by atoms with Crippen molar-refractivity contribution >= 4 is 11.6 Å². The molecule has 0 saturated carbocycles. The van der Waals surface area contributed by atoms with E-state index in [2.05, 4.69) is 0 Å². The Morgan fingerprint density at radius 3 is 2.44 bits per heavy atom. The molecule has 0 bridgehead atoms. The summed E-state index contributed by atoms with van der Waals surface area (Å²) in [6.45, 7) is 0. The molecule has 1 aromatic rings. The highest BCUT2D eigenvalue weighted by atomic mass is 35.5. The summed E-state index contributed by atoms with van der Waals surface area (Å²) < 4.78 is 50.3. The second kappa shape index (κ2) is 5.01. The predicted molar refractivity (Wildman–Crippen MR) is 51.8 cm³/mol. The zero-order valence-corrected chi connectivity index (χ0v) is 8.82. The van der Waals surface area contributed by atoms with E-state index in [0.717, 1.165) is 6.07 Å². The van der Waals surface area contributed by atoms with Gasteiger partial charge in [0.05, 0.1) is 11.7 Å². The number of halogens is 5. The van der Waals surface area contributed by atoms with Gasteiger partial charge in [0, 0.05) is 12.3 Å². The maximum Gasteiger partial charge on any atom is 0.419 e. The Hall–Kier alpha value is -0.810. The molecule has 0 saturated heterocycles. The molecule has 0 heterocycles. The molecule has 1 aromatic carbocycles. The first kappa shape index (κ1) is 13.3. The summed E-state index contributed by atoms with van der Waals surface area (Å²) in [5.74, 6) is -1.51. The molecule has 1 rings (SSSR count). The topological polar surface area (TPSA) is 20.2 Å². The third-order valence-corrected chi connectivity index (χ3v) is 2.37. The Labute approximate surface area is 94.7 Å². The van der Waals surface area contributed by atoms with Gasteiger partial charge in [0.25, 0.3) is 0 Å². The van der Waals surface area contributed by atoms with E-state index in [0.29, 0.717) is 6.07 Å². The first-order valence-corrected chi connectivity index (χ1v) is 4.98. The van der Waals surface area contributed by atoms with Gasteiger partial charge in [-0.25, -0.2) is 4.39 Å². The molecule has 6 heteroatoms. The van der Waals surface area contributed by atoms with Gasteiger partial charge >= 0.3 is 6.18 Å². The number of rotatable bonds is 3. The van der Waals surface area contributed by atoms with Crippen LogP contribution in [-0.2, 0) is 12.6 Å². The van der Waals surface area contributed by atoms with Crippen LogP contribution < -0.4 is 0 Å². The van der Waals surface area contributed by atoms with Crippen LogP contribution in [0.3, 0.4) is 0 Å². The summed E-state index contributed by atoms with van der Waals surface area (Å²) in [7, 11) is 0. The molecule has 1 N–H and O–H groups in total. The van der Waals surface area contributed by atoms with Crippen molar-refractivity contribution in [2.75, 3.05) is 5.88 Å². The number of benzene rings is 1. The number of aliphatic hydroxyl groups excluding tert-OH is 1. The SMILES string of the molecule is O[C@@H](CCl)Cc1cccc(C(F)(F)F)c1F. The van der Waals surface area contributed by atoms with Crippen LogP contribution in [-0.4, -0.2) is 17.1 Å². The zero-order chi connectivity index (χ0) is 12.3. The van der Waals surface area contributed by atoms with E-state index in [4.69, 9.17) is 16.7 Å². The molecule has 0 spiro atoms. The lowest BCUT2D eigenvalue weighted by Crippen LogP contribution is -2.16. The average molecular weight is 257 g/mol. The molecular formula is C10H9ClF4O. The van der Waals surface area contributed by atoms with Crippen LogP contribution in [0.5, 0.6) is 0 Å². The van der Waals surface area contributed by atoms with Crippen molar-refractivity contribution in [3.05, 3.63) is 35.1 Å². The summed E-state index contributed by atoms with van der Waals surface area (Å²) in [5.41, 5.74) is -1.52. The van der Waals surface area contributed by atoms with E-state index < -0.39 is 23.7 Å². The van der Waals surface area contributed by atoms with E-state index in [-0.39, 0.29) is 17.9 Å². The van der Waals surface area contributed by atoms with Crippen molar-refractivity contribution in [1.82, 2.24) is 0 Å². The molecule has 1 nitrogen and oxygen atoms in total. The van der Waals surface area contributed by atoms with E-state index in [1.807, 2.05) is 0 Å². The Balaban J connectivity index is 3.05. The third-order valence-electron chi connectivity index (χ3n) is 2.02. The van der Waals surface area contributed by atoms with Gasteiger partial charge in [-0.15, -0.1) is 11.6 Å². The van der Waals surface area contributed by atoms with E-state index in [9.17, 15) is 17.6 Å². The van der Waals surface area contributed by atoms with Crippen molar-refractivity contribution in [2.24, 2.45) is 0 Å². The van der Waals surface area contributed by atoms with Crippen molar-refractivity contribution < 1.29 is 22.7 Å². The number of aliphatic hydroxyl groups is 1. The first-order valence-electron chi connectivity index (χ1n) is 4.45. The summed E-state index contributed by atoms with van der Waals surface area (Å²) in [4.78, 5) is 0. The Morgan fingerprint density at radius 1 is 1.31 bits per heavy atom. The van der Waals surface area contributed by atoms with Gasteiger partial charge in [-0.2, -0.15) is 13.2 Å². The molecule has 0 radical (unpaired) electrons. The van der Waals surface area contributed by atoms with Crippen LogP contribution in [0.2, 0.25) is 0 Å².